The Balaban J connectivity index is 2.64. The minimum Gasteiger partial charge on any atom is -0.486 e. The fraction of sp³-hybridized carbons (Fsp3) is 0.500. The Hall–Kier alpha value is -0.290. The van der Waals surface area contributed by atoms with Gasteiger partial charge >= 0.3 is 0 Å². The van der Waals surface area contributed by atoms with Crippen LogP contribution in [0.1, 0.15) is 6.92 Å². The number of ether oxygens (including phenoxy) is 2. The molecule has 3 nitrogen and oxygen atoms in total. The highest BCUT2D eigenvalue weighted by Gasteiger charge is 2.11. The third-order valence-electron chi connectivity index (χ3n) is 2.16. The van der Waals surface area contributed by atoms with Crippen molar-refractivity contribution in [2.24, 2.45) is 0 Å². The zero-order valence-corrected chi connectivity index (χ0v) is 12.3. The Morgan fingerprint density at radius 1 is 1.47 bits per heavy atom. The van der Waals surface area contributed by atoms with Crippen LogP contribution in [0.3, 0.4) is 0 Å². The van der Waals surface area contributed by atoms with Crippen LogP contribution in [0.5, 0.6) is 5.75 Å². The van der Waals surface area contributed by atoms with Crippen molar-refractivity contribution >= 4 is 27.5 Å². The largest absolute Gasteiger partial charge is 0.486 e. The van der Waals surface area contributed by atoms with Crippen LogP contribution in [0.25, 0.3) is 0 Å². The molecule has 5 heteroatoms. The highest BCUT2D eigenvalue weighted by atomic mass is 79.9. The first-order valence-electron chi connectivity index (χ1n) is 5.48. The molecule has 96 valence electrons. The van der Waals surface area contributed by atoms with Crippen LogP contribution in [0.15, 0.2) is 22.7 Å². The molecule has 0 amide bonds. The number of likely N-dealkylation sites (N-methyl/N-ethyl adjacent to an activating group) is 1. The standard InChI is InChI=1S/C12H17BrClNO2/c1-3-15-7-10(8-16-2)17-12-5-4-9(14)6-11(12)13/h4-6,10,15H,3,7-8H2,1-2H3. The molecular weight excluding hydrogens is 305 g/mol. The van der Waals surface area contributed by atoms with Gasteiger partial charge in [-0.25, -0.2) is 0 Å². The van der Waals surface area contributed by atoms with Crippen molar-refractivity contribution in [3.63, 3.8) is 0 Å². The summed E-state index contributed by atoms with van der Waals surface area (Å²) < 4.78 is 11.8. The first-order chi connectivity index (χ1) is 8.17. The van der Waals surface area contributed by atoms with Gasteiger partial charge in [0.15, 0.2) is 0 Å². The molecule has 1 aromatic carbocycles. The highest BCUT2D eigenvalue weighted by molar-refractivity contribution is 9.10. The minimum atomic E-state index is -0.0163. The number of halogens is 2. The summed E-state index contributed by atoms with van der Waals surface area (Å²) in [6.07, 6.45) is -0.0163. The number of methoxy groups -OCH3 is 1. The van der Waals surface area contributed by atoms with Gasteiger partial charge in [-0.1, -0.05) is 18.5 Å². The quantitative estimate of drug-likeness (QED) is 0.837. The topological polar surface area (TPSA) is 30.5 Å². The first kappa shape index (κ1) is 14.8. The molecule has 1 atom stereocenters. The van der Waals surface area contributed by atoms with Gasteiger partial charge in [0.25, 0.3) is 0 Å². The lowest BCUT2D eigenvalue weighted by atomic mass is 10.3. The monoisotopic (exact) mass is 321 g/mol. The van der Waals surface area contributed by atoms with Gasteiger partial charge in [0.2, 0.25) is 0 Å². The maximum atomic E-state index is 5.88. The average molecular weight is 323 g/mol. The molecule has 17 heavy (non-hydrogen) atoms. The van der Waals surface area contributed by atoms with Crippen LogP contribution in [0, 0.1) is 0 Å². The third-order valence-corrected chi connectivity index (χ3v) is 3.02. The SMILES string of the molecule is CCNCC(COC)Oc1ccc(Cl)cc1Br. The van der Waals surface area contributed by atoms with Gasteiger partial charge < -0.3 is 14.8 Å². The fourth-order valence-corrected chi connectivity index (χ4v) is 2.15. The van der Waals surface area contributed by atoms with Gasteiger partial charge in [-0.3, -0.25) is 0 Å². The van der Waals surface area contributed by atoms with Gasteiger partial charge in [-0.15, -0.1) is 0 Å². The maximum absolute atomic E-state index is 5.88. The molecule has 0 aliphatic carbocycles. The van der Waals surface area contributed by atoms with Crippen molar-refractivity contribution in [2.75, 3.05) is 26.8 Å². The lowest BCUT2D eigenvalue weighted by Crippen LogP contribution is -2.34. The van der Waals surface area contributed by atoms with E-state index in [0.717, 1.165) is 23.3 Å². The van der Waals surface area contributed by atoms with Gasteiger partial charge in [-0.05, 0) is 40.7 Å². The van der Waals surface area contributed by atoms with Crippen molar-refractivity contribution in [2.45, 2.75) is 13.0 Å². The van der Waals surface area contributed by atoms with Crippen LogP contribution in [-0.2, 0) is 4.74 Å². The fourth-order valence-electron chi connectivity index (χ4n) is 1.38. The second kappa shape index (κ2) is 7.93. The summed E-state index contributed by atoms with van der Waals surface area (Å²) in [5.41, 5.74) is 0. The smallest absolute Gasteiger partial charge is 0.134 e. The molecule has 0 aromatic heterocycles. The van der Waals surface area contributed by atoms with Crippen LogP contribution < -0.4 is 10.1 Å². The van der Waals surface area contributed by atoms with E-state index >= 15 is 0 Å². The van der Waals surface area contributed by atoms with Gasteiger partial charge in [0.05, 0.1) is 11.1 Å². The Bertz CT molecular complexity index is 349. The van der Waals surface area contributed by atoms with Gasteiger partial charge in [-0.2, -0.15) is 0 Å². The summed E-state index contributed by atoms with van der Waals surface area (Å²) in [6.45, 7) is 4.26. The van der Waals surface area contributed by atoms with E-state index in [0.29, 0.717) is 11.6 Å². The number of hydrogen-bond donors (Lipinski definition) is 1. The van der Waals surface area contributed by atoms with Crippen molar-refractivity contribution in [3.05, 3.63) is 27.7 Å². The van der Waals surface area contributed by atoms with E-state index in [1.54, 1.807) is 13.2 Å². The predicted molar refractivity (Wildman–Crippen MR) is 74.0 cm³/mol. The molecule has 0 aliphatic rings. The van der Waals surface area contributed by atoms with E-state index < -0.39 is 0 Å². The van der Waals surface area contributed by atoms with E-state index in [-0.39, 0.29) is 6.10 Å². The molecule has 0 radical (unpaired) electrons. The van der Waals surface area contributed by atoms with E-state index in [1.807, 2.05) is 12.1 Å². The summed E-state index contributed by atoms with van der Waals surface area (Å²) in [5, 5.41) is 3.92. The molecule has 0 saturated heterocycles. The van der Waals surface area contributed by atoms with E-state index in [1.165, 1.54) is 0 Å². The molecule has 1 aromatic rings. The molecule has 0 aliphatic heterocycles. The van der Waals surface area contributed by atoms with Crippen LogP contribution in [0.4, 0.5) is 0 Å². The molecule has 1 rings (SSSR count). The Kier molecular flexibility index (Phi) is 6.89. The second-order valence-corrected chi connectivity index (χ2v) is 4.87. The zero-order valence-electron chi connectivity index (χ0n) is 10.0. The van der Waals surface area contributed by atoms with Crippen molar-refractivity contribution in [1.82, 2.24) is 5.32 Å². The Labute approximate surface area is 116 Å². The summed E-state index contributed by atoms with van der Waals surface area (Å²) in [6, 6.07) is 5.47. The first-order valence-corrected chi connectivity index (χ1v) is 6.65. The highest BCUT2D eigenvalue weighted by Crippen LogP contribution is 2.28. The van der Waals surface area contributed by atoms with Gasteiger partial charge in [0, 0.05) is 18.7 Å². The molecule has 0 spiro atoms. The third kappa shape index (κ3) is 5.25. The average Bonchev–Trinajstić information content (AvgIpc) is 2.29. The van der Waals surface area contributed by atoms with Crippen LogP contribution >= 0.6 is 27.5 Å². The Morgan fingerprint density at radius 3 is 2.82 bits per heavy atom. The maximum Gasteiger partial charge on any atom is 0.134 e. The number of hydrogen-bond acceptors (Lipinski definition) is 3. The summed E-state index contributed by atoms with van der Waals surface area (Å²) in [4.78, 5) is 0. The lowest BCUT2D eigenvalue weighted by molar-refractivity contribution is 0.0805. The minimum absolute atomic E-state index is 0.0163. The molecule has 0 bridgehead atoms. The molecule has 0 heterocycles. The number of nitrogens with one attached hydrogen (secondary N) is 1. The van der Waals surface area contributed by atoms with Crippen molar-refractivity contribution in [3.8, 4) is 5.75 Å². The van der Waals surface area contributed by atoms with Crippen LogP contribution in [0.2, 0.25) is 5.02 Å². The van der Waals surface area contributed by atoms with Crippen molar-refractivity contribution < 1.29 is 9.47 Å². The second-order valence-electron chi connectivity index (χ2n) is 3.58. The molecule has 0 saturated carbocycles. The predicted octanol–water partition coefficient (Wildman–Crippen LogP) is 3.11. The molecular formula is C12H17BrClNO2. The van der Waals surface area contributed by atoms with E-state index in [9.17, 15) is 0 Å². The number of rotatable bonds is 7. The normalized spacial score (nSPS) is 12.5. The van der Waals surface area contributed by atoms with Crippen molar-refractivity contribution in [1.29, 1.82) is 0 Å². The molecule has 1 unspecified atom stereocenters. The number of benzene rings is 1. The zero-order chi connectivity index (χ0) is 12.7. The van der Waals surface area contributed by atoms with E-state index in [2.05, 4.69) is 28.2 Å². The summed E-state index contributed by atoms with van der Waals surface area (Å²) >= 11 is 9.30. The van der Waals surface area contributed by atoms with Gasteiger partial charge in [0.1, 0.15) is 11.9 Å². The lowest BCUT2D eigenvalue weighted by Gasteiger charge is -2.19. The van der Waals surface area contributed by atoms with Crippen LogP contribution in [-0.4, -0.2) is 32.9 Å². The summed E-state index contributed by atoms with van der Waals surface area (Å²) in [5.74, 6) is 0.773. The van der Waals surface area contributed by atoms with E-state index in [4.69, 9.17) is 21.1 Å². The Morgan fingerprint density at radius 2 is 2.24 bits per heavy atom. The molecule has 1 N–H and O–H groups in total. The summed E-state index contributed by atoms with van der Waals surface area (Å²) in [7, 11) is 1.67. The molecule has 0 fully saturated rings.